The number of imidazole rings is 2. The number of carbonyl (C=O) groups excluding carboxylic acids is 1. The van der Waals surface area contributed by atoms with Crippen LogP contribution in [0.3, 0.4) is 0 Å². The number of fused-ring (bicyclic) bond motifs is 1. The van der Waals surface area contributed by atoms with Gasteiger partial charge >= 0.3 is 0 Å². The van der Waals surface area contributed by atoms with Crippen molar-refractivity contribution in [3.63, 3.8) is 0 Å². The van der Waals surface area contributed by atoms with E-state index in [4.69, 9.17) is 0 Å². The largest absolute Gasteiger partial charge is 0.347 e. The summed E-state index contributed by atoms with van der Waals surface area (Å²) in [6.45, 7) is 2.17. The maximum atomic E-state index is 12.8. The highest BCUT2D eigenvalue weighted by molar-refractivity contribution is 5.97. The number of aromatic amines is 2. The fourth-order valence-electron chi connectivity index (χ4n) is 3.06. The second-order valence-electron chi connectivity index (χ2n) is 5.86. The van der Waals surface area contributed by atoms with E-state index >= 15 is 0 Å². The highest BCUT2D eigenvalue weighted by Gasteiger charge is 2.30. The van der Waals surface area contributed by atoms with Crippen molar-refractivity contribution in [1.82, 2.24) is 29.7 Å². The average molecular weight is 310 g/mol. The number of rotatable bonds is 2. The molecular weight excluding hydrogens is 292 g/mol. The number of aromatic nitrogens is 4. The molecule has 0 aliphatic carbocycles. The number of hydrogen-bond acceptors (Lipinski definition) is 4. The number of likely N-dealkylation sites (N-methyl/N-ethyl adjacent to an activating group) is 1. The molecule has 2 aromatic heterocycles. The first kappa shape index (κ1) is 14.0. The van der Waals surface area contributed by atoms with Gasteiger partial charge in [0.1, 0.15) is 5.82 Å². The van der Waals surface area contributed by atoms with Crippen LogP contribution in [0.25, 0.3) is 11.0 Å². The van der Waals surface area contributed by atoms with Gasteiger partial charge in [0.25, 0.3) is 5.91 Å². The number of hydrogen-bond donors (Lipinski definition) is 2. The number of piperazine rings is 1. The van der Waals surface area contributed by atoms with Crippen molar-refractivity contribution < 1.29 is 4.79 Å². The predicted molar refractivity (Wildman–Crippen MR) is 86.0 cm³/mol. The zero-order chi connectivity index (χ0) is 15.8. The highest BCUT2D eigenvalue weighted by atomic mass is 16.2. The summed E-state index contributed by atoms with van der Waals surface area (Å²) < 4.78 is 0. The lowest BCUT2D eigenvalue weighted by atomic mass is 10.1. The Labute approximate surface area is 133 Å². The molecule has 1 saturated heterocycles. The molecule has 118 valence electrons. The van der Waals surface area contributed by atoms with Gasteiger partial charge in [-0.05, 0) is 25.2 Å². The number of H-pyrrole nitrogens is 2. The minimum Gasteiger partial charge on any atom is -0.347 e. The molecule has 1 aliphatic heterocycles. The van der Waals surface area contributed by atoms with Gasteiger partial charge in [0.2, 0.25) is 0 Å². The van der Waals surface area contributed by atoms with Gasteiger partial charge in [0, 0.05) is 37.6 Å². The first-order valence-electron chi connectivity index (χ1n) is 7.64. The van der Waals surface area contributed by atoms with Gasteiger partial charge < -0.3 is 14.9 Å². The third-order valence-electron chi connectivity index (χ3n) is 4.44. The minimum absolute atomic E-state index is 0.0474. The quantitative estimate of drug-likeness (QED) is 0.750. The number of nitrogens with zero attached hydrogens (tertiary/aromatic N) is 4. The molecule has 0 bridgehead atoms. The molecular formula is C16H18N6O. The maximum Gasteiger partial charge on any atom is 0.254 e. The molecule has 0 saturated carbocycles. The SMILES string of the molecule is CN1CCN(C(=O)c2ccc3nc[nH]c3c2)C[C@@H]1c1ncc[nH]1. The van der Waals surface area contributed by atoms with E-state index in [0.717, 1.165) is 23.4 Å². The van der Waals surface area contributed by atoms with Crippen molar-refractivity contribution in [2.24, 2.45) is 0 Å². The lowest BCUT2D eigenvalue weighted by Crippen LogP contribution is -2.49. The topological polar surface area (TPSA) is 80.9 Å². The highest BCUT2D eigenvalue weighted by Crippen LogP contribution is 2.23. The normalized spacial score (nSPS) is 19.3. The van der Waals surface area contributed by atoms with Gasteiger partial charge in [-0.1, -0.05) is 0 Å². The van der Waals surface area contributed by atoms with Gasteiger partial charge in [0.05, 0.1) is 23.4 Å². The Bertz CT molecular complexity index is 824. The molecule has 1 aromatic carbocycles. The Hall–Kier alpha value is -2.67. The summed E-state index contributed by atoms with van der Waals surface area (Å²) in [5.74, 6) is 0.945. The fraction of sp³-hybridized carbons (Fsp3) is 0.312. The lowest BCUT2D eigenvalue weighted by molar-refractivity contribution is 0.0534. The molecule has 4 rings (SSSR count). The molecule has 1 aliphatic rings. The van der Waals surface area contributed by atoms with Gasteiger partial charge in [-0.15, -0.1) is 0 Å². The molecule has 3 heterocycles. The standard InChI is InChI=1S/C16H18N6O/c1-21-6-7-22(9-14(21)15-17-4-5-18-15)16(23)11-2-3-12-13(8-11)20-10-19-12/h2-5,8,10,14H,6-7,9H2,1H3,(H,17,18)(H,19,20)/t14-/m1/s1. The van der Waals surface area contributed by atoms with Gasteiger partial charge in [-0.25, -0.2) is 9.97 Å². The van der Waals surface area contributed by atoms with E-state index in [-0.39, 0.29) is 11.9 Å². The molecule has 1 amide bonds. The summed E-state index contributed by atoms with van der Waals surface area (Å²) in [4.78, 5) is 31.7. The van der Waals surface area contributed by atoms with Crippen LogP contribution in [0.4, 0.5) is 0 Å². The van der Waals surface area contributed by atoms with Crippen LogP contribution < -0.4 is 0 Å². The van der Waals surface area contributed by atoms with E-state index in [1.807, 2.05) is 29.3 Å². The first-order valence-corrected chi connectivity index (χ1v) is 7.64. The van der Waals surface area contributed by atoms with Crippen LogP contribution in [0, 0.1) is 0 Å². The van der Waals surface area contributed by atoms with Crippen LogP contribution in [0.5, 0.6) is 0 Å². The Balaban J connectivity index is 1.58. The summed E-state index contributed by atoms with van der Waals surface area (Å²) in [5, 5.41) is 0. The minimum atomic E-state index is 0.0474. The Morgan fingerprint density at radius 2 is 2.17 bits per heavy atom. The summed E-state index contributed by atoms with van der Waals surface area (Å²) in [7, 11) is 2.06. The van der Waals surface area contributed by atoms with E-state index in [9.17, 15) is 4.79 Å². The van der Waals surface area contributed by atoms with E-state index in [1.54, 1.807) is 12.5 Å². The lowest BCUT2D eigenvalue weighted by Gasteiger charge is -2.38. The predicted octanol–water partition coefficient (Wildman–Crippen LogP) is 1.41. The van der Waals surface area contributed by atoms with E-state index in [1.165, 1.54) is 0 Å². The molecule has 0 radical (unpaired) electrons. The summed E-state index contributed by atoms with van der Waals surface area (Å²) >= 11 is 0. The zero-order valence-corrected chi connectivity index (χ0v) is 12.9. The molecule has 1 fully saturated rings. The van der Waals surface area contributed by atoms with Crippen LogP contribution in [-0.2, 0) is 0 Å². The molecule has 0 unspecified atom stereocenters. The van der Waals surface area contributed by atoms with Crippen molar-refractivity contribution in [2.75, 3.05) is 26.7 Å². The molecule has 23 heavy (non-hydrogen) atoms. The van der Waals surface area contributed by atoms with Gasteiger partial charge in [0.15, 0.2) is 0 Å². The van der Waals surface area contributed by atoms with E-state index in [0.29, 0.717) is 18.7 Å². The fourth-order valence-corrected chi connectivity index (χ4v) is 3.06. The Morgan fingerprint density at radius 1 is 1.26 bits per heavy atom. The molecule has 2 N–H and O–H groups in total. The van der Waals surface area contributed by atoms with Crippen molar-refractivity contribution in [2.45, 2.75) is 6.04 Å². The van der Waals surface area contributed by atoms with Crippen LogP contribution >= 0.6 is 0 Å². The number of amides is 1. The monoisotopic (exact) mass is 310 g/mol. The number of nitrogens with one attached hydrogen (secondary N) is 2. The zero-order valence-electron chi connectivity index (χ0n) is 12.9. The molecule has 7 nitrogen and oxygen atoms in total. The second-order valence-corrected chi connectivity index (χ2v) is 5.86. The molecule has 1 atom stereocenters. The van der Waals surface area contributed by atoms with E-state index < -0.39 is 0 Å². The summed E-state index contributed by atoms with van der Waals surface area (Å²) in [6.07, 6.45) is 5.20. The average Bonchev–Trinajstić information content (AvgIpc) is 3.25. The van der Waals surface area contributed by atoms with Gasteiger partial charge in [-0.3, -0.25) is 9.69 Å². The van der Waals surface area contributed by atoms with E-state index in [2.05, 4.69) is 31.9 Å². The molecule has 0 spiro atoms. The number of benzene rings is 1. The Kier molecular flexibility index (Phi) is 3.34. The van der Waals surface area contributed by atoms with Crippen LogP contribution in [0.1, 0.15) is 22.2 Å². The maximum absolute atomic E-state index is 12.8. The summed E-state index contributed by atoms with van der Waals surface area (Å²) in [5.41, 5.74) is 2.44. The Morgan fingerprint density at radius 3 is 3.00 bits per heavy atom. The van der Waals surface area contributed by atoms with Crippen LogP contribution in [0.2, 0.25) is 0 Å². The third-order valence-corrected chi connectivity index (χ3v) is 4.44. The third kappa shape index (κ3) is 2.49. The van der Waals surface area contributed by atoms with Crippen LogP contribution in [0.15, 0.2) is 36.9 Å². The van der Waals surface area contributed by atoms with Crippen molar-refractivity contribution in [3.8, 4) is 0 Å². The van der Waals surface area contributed by atoms with Crippen molar-refractivity contribution >= 4 is 16.9 Å². The second kappa shape index (κ2) is 5.51. The van der Waals surface area contributed by atoms with Crippen LogP contribution in [-0.4, -0.2) is 62.3 Å². The smallest absolute Gasteiger partial charge is 0.254 e. The summed E-state index contributed by atoms with van der Waals surface area (Å²) in [6, 6.07) is 5.68. The van der Waals surface area contributed by atoms with Gasteiger partial charge in [-0.2, -0.15) is 0 Å². The molecule has 3 aromatic rings. The molecule has 7 heteroatoms. The van der Waals surface area contributed by atoms with Crippen molar-refractivity contribution in [3.05, 3.63) is 48.3 Å². The first-order chi connectivity index (χ1) is 11.2. The number of carbonyl (C=O) groups is 1. The van der Waals surface area contributed by atoms with Crippen molar-refractivity contribution in [1.29, 1.82) is 0 Å².